The Morgan fingerprint density at radius 3 is 2.26 bits per heavy atom. The largest absolute Gasteiger partial charge is 0.497 e. The first-order valence-corrected chi connectivity index (χ1v) is 17.2. The van der Waals surface area contributed by atoms with Crippen LogP contribution in [0.5, 0.6) is 11.5 Å². The van der Waals surface area contributed by atoms with Crippen LogP contribution in [0.1, 0.15) is 30.9 Å². The minimum atomic E-state index is -4.38. The molecule has 3 amide bonds. The van der Waals surface area contributed by atoms with Gasteiger partial charge in [0.05, 0.1) is 24.3 Å². The van der Waals surface area contributed by atoms with Gasteiger partial charge in [0.25, 0.3) is 15.9 Å². The summed E-state index contributed by atoms with van der Waals surface area (Å²) in [7, 11) is -0.752. The van der Waals surface area contributed by atoms with Crippen molar-refractivity contribution in [1.82, 2.24) is 20.0 Å². The van der Waals surface area contributed by atoms with E-state index in [0.29, 0.717) is 42.8 Å². The average molecular weight is 648 g/mol. The van der Waals surface area contributed by atoms with Crippen LogP contribution >= 0.6 is 0 Å². The van der Waals surface area contributed by atoms with Gasteiger partial charge in [0.1, 0.15) is 11.5 Å². The van der Waals surface area contributed by atoms with Crippen molar-refractivity contribution in [1.29, 1.82) is 0 Å². The van der Waals surface area contributed by atoms with Crippen molar-refractivity contribution in [2.24, 2.45) is 0 Å². The Kier molecular flexibility index (Phi) is 8.95. The molecule has 1 unspecified atom stereocenters. The Bertz CT molecular complexity index is 1690. The maximum atomic E-state index is 15.0. The minimum Gasteiger partial charge on any atom is -0.497 e. The highest BCUT2D eigenvalue weighted by molar-refractivity contribution is 7.93. The van der Waals surface area contributed by atoms with E-state index in [1.54, 1.807) is 65.6 Å². The maximum Gasteiger partial charge on any atom is 0.318 e. The Morgan fingerprint density at radius 2 is 1.59 bits per heavy atom. The number of carbonyl (C=O) groups excluding carboxylic acids is 2. The zero-order valence-corrected chi connectivity index (χ0v) is 27.3. The van der Waals surface area contributed by atoms with Crippen molar-refractivity contribution in [3.8, 4) is 11.5 Å². The van der Waals surface area contributed by atoms with Gasteiger partial charge in [-0.05, 0) is 63.2 Å². The van der Waals surface area contributed by atoms with Crippen molar-refractivity contribution < 1.29 is 27.5 Å². The number of amides is 3. The molecule has 2 fully saturated rings. The van der Waals surface area contributed by atoms with Crippen LogP contribution in [-0.4, -0.2) is 101 Å². The first kappa shape index (κ1) is 31.8. The topological polar surface area (TPSA) is 112 Å². The number of nitrogens with zero attached hydrogens (tertiary/aromatic N) is 4. The van der Waals surface area contributed by atoms with E-state index in [4.69, 9.17) is 9.47 Å². The number of hydrogen-bond donors (Lipinski definition) is 1. The summed E-state index contributed by atoms with van der Waals surface area (Å²) in [6.45, 7) is 7.20. The summed E-state index contributed by atoms with van der Waals surface area (Å²) < 4.78 is 40.7. The molecule has 3 aromatic rings. The third kappa shape index (κ3) is 5.58. The average Bonchev–Trinajstić information content (AvgIpc) is 3.33. The lowest BCUT2D eigenvalue weighted by atomic mass is 9.83. The highest BCUT2D eigenvalue weighted by Crippen LogP contribution is 2.50. The second-order valence-electron chi connectivity index (χ2n) is 11.9. The number of likely N-dealkylation sites (tertiary alicyclic amines) is 1. The van der Waals surface area contributed by atoms with Crippen molar-refractivity contribution in [2.75, 3.05) is 64.3 Å². The van der Waals surface area contributed by atoms with Gasteiger partial charge in [-0.15, -0.1) is 0 Å². The Hall–Kier alpha value is -4.13. The molecule has 3 heterocycles. The lowest BCUT2D eigenvalue weighted by Gasteiger charge is -2.42. The number of ether oxygens (including phenoxy) is 2. The molecular weight excluding hydrogens is 606 g/mol. The quantitative estimate of drug-likeness (QED) is 0.396. The van der Waals surface area contributed by atoms with Gasteiger partial charge in [-0.2, -0.15) is 4.31 Å². The molecule has 1 N–H and O–H groups in total. The summed E-state index contributed by atoms with van der Waals surface area (Å²) in [4.78, 5) is 35.7. The predicted octanol–water partition coefficient (Wildman–Crippen LogP) is 3.49. The van der Waals surface area contributed by atoms with Gasteiger partial charge in [-0.1, -0.05) is 36.4 Å². The molecule has 3 aliphatic rings. The summed E-state index contributed by atoms with van der Waals surface area (Å²) in [5.41, 5.74) is -1.18. The Morgan fingerprint density at radius 1 is 0.913 bits per heavy atom. The molecule has 12 heteroatoms. The number of methoxy groups -OCH3 is 1. The van der Waals surface area contributed by atoms with Gasteiger partial charge in [0, 0.05) is 56.4 Å². The van der Waals surface area contributed by atoms with Gasteiger partial charge in [-0.3, -0.25) is 9.69 Å². The highest BCUT2D eigenvalue weighted by atomic mass is 32.2. The van der Waals surface area contributed by atoms with E-state index in [0.717, 1.165) is 43.3 Å². The number of carbonyl (C=O) groups is 2. The van der Waals surface area contributed by atoms with Crippen molar-refractivity contribution in [3.63, 3.8) is 0 Å². The number of likely N-dealkylation sites (N-methyl/N-ethyl adjacent to an activating group) is 1. The Balaban J connectivity index is 1.42. The second-order valence-corrected chi connectivity index (χ2v) is 13.7. The van der Waals surface area contributed by atoms with Crippen molar-refractivity contribution in [3.05, 3.63) is 83.9 Å². The van der Waals surface area contributed by atoms with Crippen molar-refractivity contribution >= 4 is 27.6 Å². The van der Waals surface area contributed by atoms with Crippen LogP contribution in [0.15, 0.2) is 77.7 Å². The zero-order valence-electron chi connectivity index (χ0n) is 26.5. The van der Waals surface area contributed by atoms with Crippen LogP contribution in [0.2, 0.25) is 0 Å². The molecular formula is C34H41N5O6S. The zero-order chi connectivity index (χ0) is 32.5. The number of piperazine rings is 1. The number of nitrogens with one attached hydrogen (secondary N) is 1. The van der Waals surface area contributed by atoms with Gasteiger partial charge in [0.15, 0.2) is 5.54 Å². The molecule has 0 spiro atoms. The minimum absolute atomic E-state index is 0.0451. The van der Waals surface area contributed by atoms with Crippen molar-refractivity contribution in [2.45, 2.75) is 36.2 Å². The molecule has 2 saturated heterocycles. The van der Waals surface area contributed by atoms with Gasteiger partial charge in [-0.25, -0.2) is 13.2 Å². The van der Waals surface area contributed by atoms with Gasteiger partial charge in [0.2, 0.25) is 0 Å². The third-order valence-electron chi connectivity index (χ3n) is 9.30. The molecule has 46 heavy (non-hydrogen) atoms. The standard InChI is InChI=1S/C34H41N5O6S/c1-4-45-31-13-9-8-12-28(31)34(35-33(41)38-18-16-25(17-19-38)37-22-20-36(2)21-23-37)29-24-26(44-3)14-15-30(29)39(32(34)40)46(42,43)27-10-6-5-7-11-27/h5-15,24-25H,4,16-23H2,1-3H3,(H,35,41). The molecule has 3 aromatic carbocycles. The van der Waals surface area contributed by atoms with Crippen LogP contribution in [-0.2, 0) is 20.4 Å². The first-order chi connectivity index (χ1) is 22.2. The van der Waals surface area contributed by atoms with Crippen LogP contribution < -0.4 is 19.1 Å². The molecule has 0 bridgehead atoms. The summed E-state index contributed by atoms with van der Waals surface area (Å²) in [6.07, 6.45) is 1.62. The fraction of sp³-hybridized carbons (Fsp3) is 0.412. The molecule has 0 aliphatic carbocycles. The molecule has 0 aromatic heterocycles. The summed E-state index contributed by atoms with van der Waals surface area (Å²) in [5, 5.41) is 3.06. The number of piperidine rings is 1. The van der Waals surface area contributed by atoms with E-state index in [1.165, 1.54) is 19.2 Å². The van der Waals surface area contributed by atoms with E-state index in [2.05, 4.69) is 22.2 Å². The number of anilines is 1. The van der Waals surface area contributed by atoms with Crippen LogP contribution in [0.3, 0.4) is 0 Å². The molecule has 244 valence electrons. The first-order valence-electron chi connectivity index (χ1n) is 15.8. The number of para-hydroxylation sites is 1. The van der Waals surface area contributed by atoms with Gasteiger partial charge < -0.3 is 24.6 Å². The number of rotatable bonds is 8. The SMILES string of the molecule is CCOc1ccccc1C1(NC(=O)N2CCC(N3CCN(C)CC3)CC2)C(=O)N(S(=O)(=O)c2ccccc2)c2ccc(OC)cc21. The number of sulfonamides is 1. The fourth-order valence-electron chi connectivity index (χ4n) is 6.80. The molecule has 6 rings (SSSR count). The van der Waals surface area contributed by atoms with Crippen LogP contribution in [0.4, 0.5) is 10.5 Å². The molecule has 0 radical (unpaired) electrons. The third-order valence-corrected chi connectivity index (χ3v) is 11.0. The van der Waals surface area contributed by atoms with Crippen LogP contribution in [0.25, 0.3) is 0 Å². The maximum absolute atomic E-state index is 15.0. The van der Waals surface area contributed by atoms with Gasteiger partial charge >= 0.3 is 6.03 Å². The lowest BCUT2D eigenvalue weighted by molar-refractivity contribution is -0.121. The van der Waals surface area contributed by atoms with E-state index in [9.17, 15) is 18.0 Å². The molecule has 3 aliphatic heterocycles. The van der Waals surface area contributed by atoms with Crippen LogP contribution in [0, 0.1) is 0 Å². The normalized spacial score (nSPS) is 21.2. The van der Waals surface area contributed by atoms with E-state index < -0.39 is 27.5 Å². The monoisotopic (exact) mass is 647 g/mol. The van der Waals surface area contributed by atoms with E-state index >= 15 is 0 Å². The summed E-state index contributed by atoms with van der Waals surface area (Å²) in [5.74, 6) is -0.0569. The highest BCUT2D eigenvalue weighted by Gasteiger charge is 2.58. The lowest BCUT2D eigenvalue weighted by Crippen LogP contribution is -2.59. The van der Waals surface area contributed by atoms with E-state index in [-0.39, 0.29) is 16.1 Å². The second kappa shape index (κ2) is 12.9. The van der Waals surface area contributed by atoms with E-state index in [1.807, 2.05) is 6.92 Å². The predicted molar refractivity (Wildman–Crippen MR) is 175 cm³/mol. The number of urea groups is 1. The Labute approximate surface area is 270 Å². The molecule has 1 atom stereocenters. The molecule has 0 saturated carbocycles. The number of benzene rings is 3. The number of hydrogen-bond acceptors (Lipinski definition) is 8. The summed E-state index contributed by atoms with van der Waals surface area (Å²) >= 11 is 0. The summed E-state index contributed by atoms with van der Waals surface area (Å²) in [6, 6.07) is 19.5. The smallest absolute Gasteiger partial charge is 0.318 e. The fourth-order valence-corrected chi connectivity index (χ4v) is 8.29. The molecule has 11 nitrogen and oxygen atoms in total. The number of fused-ring (bicyclic) bond motifs is 1.